The molecule has 0 saturated heterocycles. The van der Waals surface area contributed by atoms with Crippen LogP contribution in [0, 0.1) is 0 Å². The van der Waals surface area contributed by atoms with E-state index in [9.17, 15) is 0 Å². The monoisotopic (exact) mass is 844 g/mol. The van der Waals surface area contributed by atoms with Gasteiger partial charge < -0.3 is 9.47 Å². The van der Waals surface area contributed by atoms with E-state index in [1.165, 1.54) is 91.3 Å². The van der Waals surface area contributed by atoms with Gasteiger partial charge in [0.25, 0.3) is 0 Å². The second kappa shape index (κ2) is 15.2. The van der Waals surface area contributed by atoms with Crippen LogP contribution < -0.4 is 4.90 Å². The summed E-state index contributed by atoms with van der Waals surface area (Å²) in [4.78, 5) is 2.49. The van der Waals surface area contributed by atoms with Crippen LogP contribution in [0.1, 0.15) is 0 Å². The lowest BCUT2D eigenvalue weighted by Crippen LogP contribution is -2.11. The van der Waals surface area contributed by atoms with Crippen molar-refractivity contribution in [3.05, 3.63) is 243 Å². The van der Waals surface area contributed by atoms with Crippen LogP contribution in [0.25, 0.3) is 103 Å². The van der Waals surface area contributed by atoms with Gasteiger partial charge in [-0.25, -0.2) is 0 Å². The second-order valence-corrected chi connectivity index (χ2v) is 17.9. The molecule has 304 valence electrons. The van der Waals surface area contributed by atoms with Gasteiger partial charge in [-0.2, -0.15) is 0 Å². The van der Waals surface area contributed by atoms with E-state index in [0.29, 0.717) is 0 Å². The molecule has 65 heavy (non-hydrogen) atoms. The number of fused-ring (bicyclic) bond motifs is 9. The van der Waals surface area contributed by atoms with Crippen LogP contribution in [0.5, 0.6) is 0 Å². The summed E-state index contributed by atoms with van der Waals surface area (Å²) in [6.07, 6.45) is 0. The van der Waals surface area contributed by atoms with Crippen molar-refractivity contribution in [2.75, 3.05) is 4.90 Å². The Morgan fingerprint density at radius 3 is 1.72 bits per heavy atom. The van der Waals surface area contributed by atoms with E-state index in [-0.39, 0.29) is 0 Å². The molecule has 2 nitrogen and oxygen atoms in total. The summed E-state index contributed by atoms with van der Waals surface area (Å²) in [6.45, 7) is 0. The van der Waals surface area contributed by atoms with Gasteiger partial charge in [-0.1, -0.05) is 182 Å². The number of hydrogen-bond acceptors (Lipinski definition) is 2. The summed E-state index contributed by atoms with van der Waals surface area (Å²) in [7, 11) is 0. The highest BCUT2D eigenvalue weighted by molar-refractivity contribution is 7.26. The molecule has 0 saturated carbocycles. The Balaban J connectivity index is 1.08. The first-order valence-electron chi connectivity index (χ1n) is 22.2. The van der Waals surface area contributed by atoms with E-state index < -0.39 is 0 Å². The molecule has 11 aromatic carbocycles. The van der Waals surface area contributed by atoms with Gasteiger partial charge in [-0.05, 0) is 110 Å². The summed E-state index contributed by atoms with van der Waals surface area (Å²) < 4.78 is 4.98. The lowest BCUT2D eigenvalue weighted by molar-refractivity contribution is 1.18. The summed E-state index contributed by atoms with van der Waals surface area (Å²) >= 11 is 1.88. The average molecular weight is 845 g/mol. The van der Waals surface area contributed by atoms with E-state index >= 15 is 0 Å². The van der Waals surface area contributed by atoms with Crippen molar-refractivity contribution in [1.29, 1.82) is 0 Å². The fourth-order valence-electron chi connectivity index (χ4n) is 10.2. The third kappa shape index (κ3) is 6.16. The molecule has 0 fully saturated rings. The molecule has 0 unspecified atom stereocenters. The second-order valence-electron chi connectivity index (χ2n) is 16.8. The van der Waals surface area contributed by atoms with Crippen molar-refractivity contribution in [2.45, 2.75) is 0 Å². The summed E-state index contributed by atoms with van der Waals surface area (Å²) in [5, 5.41) is 10.1. The molecule has 0 radical (unpaired) electrons. The Morgan fingerprint density at radius 2 is 0.923 bits per heavy atom. The number of nitrogens with zero attached hydrogens (tertiary/aromatic N) is 2. The van der Waals surface area contributed by atoms with Crippen LogP contribution in [0.2, 0.25) is 0 Å². The van der Waals surface area contributed by atoms with Crippen molar-refractivity contribution in [1.82, 2.24) is 4.57 Å². The third-order valence-electron chi connectivity index (χ3n) is 13.2. The van der Waals surface area contributed by atoms with Crippen LogP contribution in [-0.2, 0) is 0 Å². The zero-order valence-electron chi connectivity index (χ0n) is 35.4. The molecule has 13 rings (SSSR count). The minimum Gasteiger partial charge on any atom is -0.310 e. The number of aromatic nitrogens is 1. The van der Waals surface area contributed by atoms with Crippen molar-refractivity contribution in [3.8, 4) is 39.1 Å². The first kappa shape index (κ1) is 37.3. The van der Waals surface area contributed by atoms with Crippen molar-refractivity contribution >= 4 is 91.9 Å². The zero-order chi connectivity index (χ0) is 42.8. The Labute approximate surface area is 381 Å². The van der Waals surface area contributed by atoms with Crippen molar-refractivity contribution < 1.29 is 0 Å². The Kier molecular flexibility index (Phi) is 8.75. The number of rotatable bonds is 7. The van der Waals surface area contributed by atoms with Gasteiger partial charge in [-0.3, -0.25) is 0 Å². The van der Waals surface area contributed by atoms with Crippen LogP contribution >= 0.6 is 11.3 Å². The molecule has 0 bridgehead atoms. The van der Waals surface area contributed by atoms with Crippen LogP contribution in [0.15, 0.2) is 243 Å². The smallest absolute Gasteiger partial charge is 0.0554 e. The average Bonchev–Trinajstić information content (AvgIpc) is 3.93. The van der Waals surface area contributed by atoms with Crippen LogP contribution in [0.4, 0.5) is 17.1 Å². The molecule has 0 aliphatic heterocycles. The zero-order valence-corrected chi connectivity index (χ0v) is 36.2. The topological polar surface area (TPSA) is 8.17 Å². The number of hydrogen-bond donors (Lipinski definition) is 0. The van der Waals surface area contributed by atoms with E-state index in [1.54, 1.807) is 0 Å². The van der Waals surface area contributed by atoms with E-state index in [4.69, 9.17) is 0 Å². The first-order valence-corrected chi connectivity index (χ1v) is 23.1. The summed E-state index contributed by atoms with van der Waals surface area (Å²) in [5.41, 5.74) is 13.9. The predicted octanol–water partition coefficient (Wildman–Crippen LogP) is 17.9. The molecular weight excluding hydrogens is 805 g/mol. The highest BCUT2D eigenvalue weighted by Gasteiger charge is 2.24. The van der Waals surface area contributed by atoms with Gasteiger partial charge in [0.2, 0.25) is 0 Å². The Bertz CT molecular complexity index is 3920. The molecule has 2 aromatic heterocycles. The Hall–Kier alpha value is -8.24. The lowest BCUT2D eigenvalue weighted by Gasteiger charge is -2.29. The molecule has 0 atom stereocenters. The predicted molar refractivity (Wildman–Crippen MR) is 280 cm³/mol. The summed E-state index contributed by atoms with van der Waals surface area (Å²) in [6, 6.07) is 89.1. The number of anilines is 3. The van der Waals surface area contributed by atoms with E-state index in [1.807, 2.05) is 11.3 Å². The third-order valence-corrected chi connectivity index (χ3v) is 14.4. The SMILES string of the molecule is c1ccc(-c2cccc(N(c3cccc(-c4cccc5c4ccc4ccccc45)c3)c3ccc4c(sc5ccccc54)c3-c3cccc(-n4c5ccccc5c5ccccc54)c3)c2)cc1. The maximum Gasteiger partial charge on any atom is 0.0554 e. The van der Waals surface area contributed by atoms with E-state index in [2.05, 4.69) is 252 Å². The highest BCUT2D eigenvalue weighted by atomic mass is 32.1. The molecule has 0 N–H and O–H groups in total. The lowest BCUT2D eigenvalue weighted by atomic mass is 9.94. The maximum absolute atomic E-state index is 2.49. The quantitative estimate of drug-likeness (QED) is 0.145. The molecule has 0 aliphatic carbocycles. The standard InChI is InChI=1S/C62H40N2S/c1-2-16-41(17-3-1)43-19-12-22-46(38-43)63(47-23-13-20-44(39-47)50-29-15-30-51-49-25-5-4-18-42(49)34-35-52(50)51)59-37-36-56-55-28-8-11-33-60(55)65-62(56)61(59)45-21-14-24-48(40-45)64-57-31-9-6-26-53(57)54-27-7-10-32-58(54)64/h1-40H. The molecule has 13 aromatic rings. The fourth-order valence-corrected chi connectivity index (χ4v) is 11.5. The van der Waals surface area contributed by atoms with Crippen LogP contribution in [-0.4, -0.2) is 4.57 Å². The molecule has 2 heterocycles. The van der Waals surface area contributed by atoms with Gasteiger partial charge >= 0.3 is 0 Å². The molecular formula is C62H40N2S. The largest absolute Gasteiger partial charge is 0.310 e. The van der Waals surface area contributed by atoms with Gasteiger partial charge in [0.05, 0.1) is 16.7 Å². The van der Waals surface area contributed by atoms with Gasteiger partial charge in [0.1, 0.15) is 0 Å². The molecule has 0 aliphatic rings. The number of thiophene rings is 1. The molecule has 0 spiro atoms. The van der Waals surface area contributed by atoms with Gasteiger partial charge in [-0.15, -0.1) is 11.3 Å². The minimum absolute atomic E-state index is 1.09. The minimum atomic E-state index is 1.09. The molecule has 0 amide bonds. The van der Waals surface area contributed by atoms with Gasteiger partial charge in [0, 0.05) is 53.6 Å². The first-order chi connectivity index (χ1) is 32.2. The van der Waals surface area contributed by atoms with Crippen molar-refractivity contribution in [2.24, 2.45) is 0 Å². The highest BCUT2D eigenvalue weighted by Crippen LogP contribution is 2.50. The summed E-state index contributed by atoms with van der Waals surface area (Å²) in [5.74, 6) is 0. The van der Waals surface area contributed by atoms with E-state index in [0.717, 1.165) is 28.3 Å². The van der Waals surface area contributed by atoms with Crippen molar-refractivity contribution in [3.63, 3.8) is 0 Å². The Morgan fingerprint density at radius 1 is 0.338 bits per heavy atom. The molecule has 3 heteroatoms. The normalized spacial score (nSPS) is 11.7. The number of para-hydroxylation sites is 2. The van der Waals surface area contributed by atoms with Crippen LogP contribution in [0.3, 0.4) is 0 Å². The maximum atomic E-state index is 2.49. The van der Waals surface area contributed by atoms with Gasteiger partial charge in [0.15, 0.2) is 0 Å². The number of benzene rings is 11. The fraction of sp³-hybridized carbons (Fsp3) is 0.